The number of Topliss-reactive ketones (excluding diaryl/α,β-unsaturated/α-hetero) is 1. The second-order valence-corrected chi connectivity index (χ2v) is 12.3. The molecule has 1 spiro atoms. The average Bonchev–Trinajstić information content (AvgIpc) is 3.60. The van der Waals surface area contributed by atoms with Crippen LogP contribution in [-0.2, 0) is 21.5 Å². The number of nitriles is 1. The van der Waals surface area contributed by atoms with Crippen molar-refractivity contribution in [1.82, 2.24) is 4.57 Å². The average molecular weight is 587 g/mol. The van der Waals surface area contributed by atoms with Crippen molar-refractivity contribution < 1.29 is 18.4 Å². The zero-order valence-electron chi connectivity index (χ0n) is 24.2. The molecule has 44 heavy (non-hydrogen) atoms. The third kappa shape index (κ3) is 3.96. The first-order valence-electron chi connectivity index (χ1n) is 14.4. The number of amides is 1. The number of fused-ring (bicyclic) bond motifs is 3. The fraction of sp³-hybridized carbons (Fsp3) is 0.194. The summed E-state index contributed by atoms with van der Waals surface area (Å²) in [5.74, 6) is -1.16. The molecular weight excluding hydrogens is 558 g/mol. The summed E-state index contributed by atoms with van der Waals surface area (Å²) >= 11 is 0. The zero-order chi connectivity index (χ0) is 30.8. The van der Waals surface area contributed by atoms with Crippen molar-refractivity contribution in [2.45, 2.75) is 38.6 Å². The molecule has 1 aliphatic carbocycles. The van der Waals surface area contributed by atoms with Gasteiger partial charge in [0.1, 0.15) is 28.9 Å². The van der Waals surface area contributed by atoms with Gasteiger partial charge in [-0.05, 0) is 65.9 Å². The Morgan fingerprint density at radius 3 is 2.30 bits per heavy atom. The molecule has 3 aromatic carbocycles. The lowest BCUT2D eigenvalue weighted by molar-refractivity contribution is -0.125. The molecule has 1 amide bonds. The van der Waals surface area contributed by atoms with Crippen LogP contribution in [0.25, 0.3) is 5.82 Å². The van der Waals surface area contributed by atoms with Crippen molar-refractivity contribution >= 4 is 28.9 Å². The van der Waals surface area contributed by atoms with E-state index in [0.717, 1.165) is 0 Å². The van der Waals surface area contributed by atoms with E-state index in [2.05, 4.69) is 6.07 Å². The molecular formula is C36H28F2N4O2. The Labute approximate surface area is 253 Å². The molecule has 8 heteroatoms. The number of hydrogen-bond acceptors (Lipinski definition) is 4. The quantitative estimate of drug-likeness (QED) is 0.256. The Morgan fingerprint density at radius 1 is 0.864 bits per heavy atom. The number of anilines is 2. The van der Waals surface area contributed by atoms with Gasteiger partial charge in [-0.3, -0.25) is 14.5 Å². The van der Waals surface area contributed by atoms with Gasteiger partial charge in [-0.1, -0.05) is 50.2 Å². The molecule has 4 aromatic rings. The molecule has 0 N–H and O–H groups in total. The maximum Gasteiger partial charge on any atom is 0.248 e. The van der Waals surface area contributed by atoms with Gasteiger partial charge >= 0.3 is 0 Å². The number of allylic oxidation sites excluding steroid dienone is 1. The Balaban J connectivity index is 1.58. The summed E-state index contributed by atoms with van der Waals surface area (Å²) in [6.45, 7) is 4.11. The SMILES string of the molecule is CC1(C)CC(=O)C2=C(C1)N(c1cccc(F)c1)C(n1cccc1)=C(C#N)C21C(=O)N(Cc2ccc(F)cc2)c2ccccc21. The van der Waals surface area contributed by atoms with Crippen LogP contribution >= 0.6 is 0 Å². The molecule has 218 valence electrons. The van der Waals surface area contributed by atoms with Crippen LogP contribution in [0.2, 0.25) is 0 Å². The van der Waals surface area contributed by atoms with E-state index < -0.39 is 22.6 Å². The van der Waals surface area contributed by atoms with Crippen LogP contribution in [-0.4, -0.2) is 16.3 Å². The zero-order valence-corrected chi connectivity index (χ0v) is 24.2. The van der Waals surface area contributed by atoms with Gasteiger partial charge < -0.3 is 9.47 Å². The smallest absolute Gasteiger partial charge is 0.248 e. The second-order valence-electron chi connectivity index (χ2n) is 12.3. The first kappa shape index (κ1) is 27.5. The highest BCUT2D eigenvalue weighted by molar-refractivity contribution is 6.22. The maximum atomic E-state index is 15.1. The number of halogens is 2. The van der Waals surface area contributed by atoms with E-state index in [1.54, 1.807) is 63.2 Å². The van der Waals surface area contributed by atoms with Gasteiger partial charge in [-0.15, -0.1) is 0 Å². The normalized spacial score (nSPS) is 20.7. The summed E-state index contributed by atoms with van der Waals surface area (Å²) in [5.41, 5.74) is 0.917. The topological polar surface area (TPSA) is 69.3 Å². The first-order valence-corrected chi connectivity index (χ1v) is 14.4. The lowest BCUT2D eigenvalue weighted by atomic mass is 9.60. The summed E-state index contributed by atoms with van der Waals surface area (Å²) < 4.78 is 30.3. The van der Waals surface area contributed by atoms with E-state index in [-0.39, 0.29) is 35.7 Å². The molecule has 0 saturated carbocycles. The van der Waals surface area contributed by atoms with Gasteiger partial charge in [0.05, 0.1) is 17.8 Å². The van der Waals surface area contributed by atoms with Crippen molar-refractivity contribution in [2.24, 2.45) is 5.41 Å². The van der Waals surface area contributed by atoms with Gasteiger partial charge in [-0.2, -0.15) is 5.26 Å². The molecule has 6 nitrogen and oxygen atoms in total. The molecule has 3 aliphatic rings. The molecule has 1 atom stereocenters. The fourth-order valence-corrected chi connectivity index (χ4v) is 7.05. The van der Waals surface area contributed by atoms with Gasteiger partial charge in [0.25, 0.3) is 0 Å². The van der Waals surface area contributed by atoms with E-state index in [4.69, 9.17) is 0 Å². The summed E-state index contributed by atoms with van der Waals surface area (Å²) in [5, 5.41) is 11.1. The molecule has 0 radical (unpaired) electrons. The van der Waals surface area contributed by atoms with Crippen LogP contribution in [0.5, 0.6) is 0 Å². The number of carbonyl (C=O) groups excluding carboxylic acids is 2. The highest BCUT2D eigenvalue weighted by atomic mass is 19.1. The van der Waals surface area contributed by atoms with Crippen molar-refractivity contribution in [1.29, 1.82) is 5.26 Å². The second kappa shape index (κ2) is 9.88. The van der Waals surface area contributed by atoms with E-state index >= 15 is 4.79 Å². The van der Waals surface area contributed by atoms with Gasteiger partial charge in [0, 0.05) is 41.3 Å². The number of ketones is 1. The number of aromatic nitrogens is 1. The minimum atomic E-state index is -1.74. The Morgan fingerprint density at radius 2 is 1.59 bits per heavy atom. The standard InChI is InChI=1S/C36H28F2N4O2/c1-35(2)19-30-32(31(43)20-35)36(27-10-3-4-11-29(27)41(34(36)44)22-23-12-14-24(37)15-13-23)28(21-39)33(40-16-5-6-17-40)42(30)26-9-7-8-25(38)18-26/h3-18H,19-20,22H2,1-2H3. The van der Waals surface area contributed by atoms with Crippen molar-refractivity contribution in [2.75, 3.05) is 9.80 Å². The van der Waals surface area contributed by atoms with Crippen LogP contribution in [0.15, 0.2) is 114 Å². The number of hydrogen-bond donors (Lipinski definition) is 0. The van der Waals surface area contributed by atoms with Gasteiger partial charge in [-0.25, -0.2) is 8.78 Å². The number of para-hydroxylation sites is 1. The minimum absolute atomic E-state index is 0.0730. The van der Waals surface area contributed by atoms with E-state index in [0.29, 0.717) is 40.4 Å². The molecule has 1 aromatic heterocycles. The van der Waals surface area contributed by atoms with Crippen LogP contribution in [0.1, 0.15) is 37.8 Å². The lowest BCUT2D eigenvalue weighted by Gasteiger charge is -2.47. The molecule has 3 heterocycles. The van der Waals surface area contributed by atoms with Crippen molar-refractivity contribution in [3.63, 3.8) is 0 Å². The summed E-state index contributed by atoms with van der Waals surface area (Å²) in [4.78, 5) is 33.0. The van der Waals surface area contributed by atoms with E-state index in [1.807, 2.05) is 38.1 Å². The Kier molecular flexibility index (Phi) is 6.19. The summed E-state index contributed by atoms with van der Waals surface area (Å²) in [7, 11) is 0. The summed E-state index contributed by atoms with van der Waals surface area (Å²) in [6, 6.07) is 25.2. The Hall–Kier alpha value is -5.29. The van der Waals surface area contributed by atoms with Crippen molar-refractivity contribution in [3.05, 3.63) is 137 Å². The molecule has 2 aliphatic heterocycles. The monoisotopic (exact) mass is 586 g/mol. The summed E-state index contributed by atoms with van der Waals surface area (Å²) in [6.07, 6.45) is 4.13. The largest absolute Gasteiger partial charge is 0.309 e. The predicted octanol–water partition coefficient (Wildman–Crippen LogP) is 7.11. The van der Waals surface area contributed by atoms with E-state index in [1.165, 1.54) is 24.3 Å². The number of rotatable bonds is 4. The number of carbonyl (C=O) groups is 2. The van der Waals surface area contributed by atoms with Crippen LogP contribution < -0.4 is 9.80 Å². The molecule has 0 saturated heterocycles. The highest BCUT2D eigenvalue weighted by Crippen LogP contribution is 2.59. The van der Waals surface area contributed by atoms with Crippen LogP contribution in [0.4, 0.5) is 20.2 Å². The first-order chi connectivity index (χ1) is 21.2. The van der Waals surface area contributed by atoms with Crippen molar-refractivity contribution in [3.8, 4) is 6.07 Å². The lowest BCUT2D eigenvalue weighted by Crippen LogP contribution is -2.52. The molecule has 0 fully saturated rings. The molecule has 7 rings (SSSR count). The molecule has 0 bridgehead atoms. The minimum Gasteiger partial charge on any atom is -0.309 e. The van der Waals surface area contributed by atoms with E-state index in [9.17, 15) is 18.8 Å². The maximum absolute atomic E-state index is 15.1. The Bertz CT molecular complexity index is 1950. The third-order valence-electron chi connectivity index (χ3n) is 8.75. The van der Waals surface area contributed by atoms with Gasteiger partial charge in [0.15, 0.2) is 5.78 Å². The van der Waals surface area contributed by atoms with Crippen LogP contribution in [0.3, 0.4) is 0 Å². The fourth-order valence-electron chi connectivity index (χ4n) is 7.05. The van der Waals surface area contributed by atoms with Gasteiger partial charge in [0.2, 0.25) is 5.91 Å². The number of nitrogens with zero attached hydrogens (tertiary/aromatic N) is 4. The third-order valence-corrected chi connectivity index (χ3v) is 8.75. The predicted molar refractivity (Wildman–Crippen MR) is 163 cm³/mol. The highest BCUT2D eigenvalue weighted by Gasteiger charge is 2.63. The number of benzene rings is 3. The van der Waals surface area contributed by atoms with Crippen LogP contribution in [0, 0.1) is 28.4 Å². The molecule has 1 unspecified atom stereocenters.